The molecule has 0 N–H and O–H groups in total. The summed E-state index contributed by atoms with van der Waals surface area (Å²) in [5.41, 5.74) is 0. The first kappa shape index (κ1) is 20.3. The summed E-state index contributed by atoms with van der Waals surface area (Å²) in [4.78, 5) is 0. The highest BCUT2D eigenvalue weighted by atomic mass is 35.5. The molecule has 4 heteroatoms. The topological polar surface area (TPSA) is 9.23 Å². The maximum Gasteiger partial charge on any atom is 0.221 e. The zero-order valence-electron chi connectivity index (χ0n) is 13.3. The van der Waals surface area contributed by atoms with Crippen LogP contribution in [0, 0.1) is 11.8 Å². The molecule has 0 fully saturated rings. The SMILES string of the molecule is CCCCCCCCCCC#CCO[Si](C)(C)C(Cl)Cl. The van der Waals surface area contributed by atoms with Crippen LogP contribution in [0.25, 0.3) is 0 Å². The summed E-state index contributed by atoms with van der Waals surface area (Å²) in [6.45, 7) is 6.74. The number of unbranched alkanes of at least 4 members (excludes halogenated alkanes) is 8. The van der Waals surface area contributed by atoms with Gasteiger partial charge in [-0.05, 0) is 19.5 Å². The average Bonchev–Trinajstić information content (AvgIpc) is 2.39. The van der Waals surface area contributed by atoms with Gasteiger partial charge >= 0.3 is 0 Å². The van der Waals surface area contributed by atoms with Gasteiger partial charge in [-0.15, -0.1) is 29.1 Å². The lowest BCUT2D eigenvalue weighted by molar-refractivity contribution is 0.362. The molecule has 0 aliphatic heterocycles. The molecule has 0 atom stereocenters. The van der Waals surface area contributed by atoms with E-state index in [4.69, 9.17) is 27.6 Å². The molecular formula is C16H30Cl2OSi. The van der Waals surface area contributed by atoms with Gasteiger partial charge in [0.1, 0.15) is 4.46 Å². The summed E-state index contributed by atoms with van der Waals surface area (Å²) in [6.07, 6.45) is 11.7. The number of hydrogen-bond acceptors (Lipinski definition) is 1. The minimum Gasteiger partial charge on any atom is -0.404 e. The van der Waals surface area contributed by atoms with Crippen LogP contribution in [-0.2, 0) is 4.43 Å². The standard InChI is InChI=1S/C16H30Cl2OSi/c1-4-5-6-7-8-9-10-11-12-13-14-15-19-20(2,3)16(17)18/h16H,4-12,15H2,1-3H3. The Labute approximate surface area is 136 Å². The second-order valence-electron chi connectivity index (χ2n) is 5.77. The second-order valence-corrected chi connectivity index (χ2v) is 11.7. The van der Waals surface area contributed by atoms with Crippen molar-refractivity contribution in [3.05, 3.63) is 0 Å². The van der Waals surface area contributed by atoms with Gasteiger partial charge in [-0.1, -0.05) is 57.8 Å². The number of alkyl halides is 2. The van der Waals surface area contributed by atoms with E-state index in [2.05, 4.69) is 18.8 Å². The van der Waals surface area contributed by atoms with E-state index in [1.807, 2.05) is 13.1 Å². The summed E-state index contributed by atoms with van der Waals surface area (Å²) in [5, 5.41) is 0. The molecule has 1 nitrogen and oxygen atoms in total. The van der Waals surface area contributed by atoms with Crippen LogP contribution in [0.4, 0.5) is 0 Å². The zero-order chi connectivity index (χ0) is 15.3. The lowest BCUT2D eigenvalue weighted by Crippen LogP contribution is -2.38. The maximum absolute atomic E-state index is 5.87. The van der Waals surface area contributed by atoms with E-state index < -0.39 is 12.8 Å². The van der Waals surface area contributed by atoms with Crippen LogP contribution < -0.4 is 0 Å². The van der Waals surface area contributed by atoms with Crippen molar-refractivity contribution in [2.24, 2.45) is 0 Å². The van der Waals surface area contributed by atoms with E-state index >= 15 is 0 Å². The van der Waals surface area contributed by atoms with Crippen molar-refractivity contribution in [3.63, 3.8) is 0 Å². The van der Waals surface area contributed by atoms with Crippen molar-refractivity contribution in [3.8, 4) is 11.8 Å². The molecule has 0 saturated heterocycles. The first-order chi connectivity index (χ1) is 9.50. The maximum atomic E-state index is 5.87. The molecule has 0 heterocycles. The van der Waals surface area contributed by atoms with Gasteiger partial charge in [0, 0.05) is 6.42 Å². The minimum atomic E-state index is -1.95. The summed E-state index contributed by atoms with van der Waals surface area (Å²) >= 11 is 11.7. The average molecular weight is 337 g/mol. The largest absolute Gasteiger partial charge is 0.404 e. The molecule has 0 aromatic heterocycles. The Morgan fingerprint density at radius 3 is 2.00 bits per heavy atom. The van der Waals surface area contributed by atoms with Gasteiger partial charge in [-0.2, -0.15) is 0 Å². The third kappa shape index (κ3) is 12.1. The van der Waals surface area contributed by atoms with Gasteiger partial charge in [-0.3, -0.25) is 0 Å². The summed E-state index contributed by atoms with van der Waals surface area (Å²) in [7, 11) is -1.95. The van der Waals surface area contributed by atoms with Gasteiger partial charge in [0.15, 0.2) is 0 Å². The van der Waals surface area contributed by atoms with Crippen LogP contribution in [0.2, 0.25) is 13.1 Å². The van der Waals surface area contributed by atoms with Gasteiger partial charge in [-0.25, -0.2) is 0 Å². The van der Waals surface area contributed by atoms with Crippen molar-refractivity contribution >= 4 is 31.5 Å². The number of halogens is 2. The van der Waals surface area contributed by atoms with Crippen molar-refractivity contribution in [2.75, 3.05) is 6.61 Å². The molecule has 0 unspecified atom stereocenters. The second kappa shape index (κ2) is 13.0. The Balaban J connectivity index is 3.38. The van der Waals surface area contributed by atoms with Crippen LogP contribution >= 0.6 is 23.2 Å². The van der Waals surface area contributed by atoms with E-state index in [1.54, 1.807) is 0 Å². The smallest absolute Gasteiger partial charge is 0.221 e. The fourth-order valence-electron chi connectivity index (χ4n) is 1.77. The monoisotopic (exact) mass is 336 g/mol. The van der Waals surface area contributed by atoms with Crippen LogP contribution in [-0.4, -0.2) is 19.4 Å². The lowest BCUT2D eigenvalue weighted by Gasteiger charge is -2.21. The first-order valence-electron chi connectivity index (χ1n) is 7.88. The summed E-state index contributed by atoms with van der Waals surface area (Å²) in [5.74, 6) is 6.23. The molecule has 0 aromatic carbocycles. The Hall–Kier alpha value is 0.317. The fraction of sp³-hybridized carbons (Fsp3) is 0.875. The van der Waals surface area contributed by atoms with Crippen LogP contribution in [0.15, 0.2) is 0 Å². The van der Waals surface area contributed by atoms with Gasteiger partial charge in [0.2, 0.25) is 8.32 Å². The predicted molar refractivity (Wildman–Crippen MR) is 93.9 cm³/mol. The van der Waals surface area contributed by atoms with E-state index in [9.17, 15) is 0 Å². The normalized spacial score (nSPS) is 11.5. The third-order valence-electron chi connectivity index (χ3n) is 3.32. The number of hydrogen-bond donors (Lipinski definition) is 0. The molecule has 0 rings (SSSR count). The van der Waals surface area contributed by atoms with E-state index in [-0.39, 0.29) is 0 Å². The summed E-state index contributed by atoms with van der Waals surface area (Å²) in [6, 6.07) is 0. The third-order valence-corrected chi connectivity index (χ3v) is 8.41. The highest BCUT2D eigenvalue weighted by Gasteiger charge is 2.30. The zero-order valence-corrected chi connectivity index (χ0v) is 15.8. The molecule has 0 aliphatic carbocycles. The Kier molecular flexibility index (Phi) is 13.2. The molecule has 0 amide bonds. The molecular weight excluding hydrogens is 307 g/mol. The van der Waals surface area contributed by atoms with Gasteiger partial charge < -0.3 is 4.43 Å². The molecule has 0 bridgehead atoms. The quantitative estimate of drug-likeness (QED) is 0.192. The van der Waals surface area contributed by atoms with E-state index in [1.165, 1.54) is 51.4 Å². The Bertz CT molecular complexity index is 282. The van der Waals surface area contributed by atoms with Gasteiger partial charge in [0.25, 0.3) is 0 Å². The highest BCUT2D eigenvalue weighted by molar-refractivity contribution is 6.88. The van der Waals surface area contributed by atoms with Crippen molar-refractivity contribution in [1.29, 1.82) is 0 Å². The molecule has 0 saturated carbocycles. The van der Waals surface area contributed by atoms with Crippen molar-refractivity contribution in [1.82, 2.24) is 0 Å². The van der Waals surface area contributed by atoms with Gasteiger partial charge in [0.05, 0.1) is 6.61 Å². The van der Waals surface area contributed by atoms with Crippen LogP contribution in [0.1, 0.15) is 64.7 Å². The molecule has 0 aromatic rings. The first-order valence-corrected chi connectivity index (χ1v) is 11.7. The molecule has 20 heavy (non-hydrogen) atoms. The molecule has 0 aliphatic rings. The molecule has 118 valence electrons. The predicted octanol–water partition coefficient (Wildman–Crippen LogP) is 6.09. The Morgan fingerprint density at radius 2 is 1.45 bits per heavy atom. The highest BCUT2D eigenvalue weighted by Crippen LogP contribution is 2.19. The van der Waals surface area contributed by atoms with Crippen molar-refractivity contribution < 1.29 is 4.43 Å². The number of rotatable bonds is 11. The minimum absolute atomic E-state index is 0.392. The Morgan fingerprint density at radius 1 is 0.900 bits per heavy atom. The van der Waals surface area contributed by atoms with E-state index in [0.717, 1.165) is 6.42 Å². The fourth-order valence-corrected chi connectivity index (χ4v) is 2.72. The summed E-state index contributed by atoms with van der Waals surface area (Å²) < 4.78 is 5.28. The lowest BCUT2D eigenvalue weighted by atomic mass is 10.1. The van der Waals surface area contributed by atoms with Crippen molar-refractivity contribution in [2.45, 2.75) is 82.3 Å². The molecule has 0 radical (unpaired) electrons. The van der Waals surface area contributed by atoms with Crippen LogP contribution in [0.5, 0.6) is 0 Å². The van der Waals surface area contributed by atoms with E-state index in [0.29, 0.717) is 6.61 Å². The van der Waals surface area contributed by atoms with Crippen LogP contribution in [0.3, 0.4) is 0 Å². The molecule has 0 spiro atoms.